The van der Waals surface area contributed by atoms with Crippen LogP contribution < -0.4 is 16.2 Å². The Labute approximate surface area is 163 Å². The number of benzene rings is 2. The van der Waals surface area contributed by atoms with E-state index in [4.69, 9.17) is 21.6 Å². The number of rotatable bonds is 4. The zero-order valence-electron chi connectivity index (χ0n) is 15.3. The highest BCUT2D eigenvalue weighted by Gasteiger charge is 2.34. The van der Waals surface area contributed by atoms with E-state index in [1.807, 2.05) is 0 Å². The van der Waals surface area contributed by atoms with Gasteiger partial charge in [-0.2, -0.15) is 13.2 Å². The molecule has 0 saturated carbocycles. The third-order valence-corrected chi connectivity index (χ3v) is 4.28. The van der Waals surface area contributed by atoms with Crippen molar-refractivity contribution in [3.05, 3.63) is 59.3 Å². The summed E-state index contributed by atoms with van der Waals surface area (Å²) in [5.41, 5.74) is 10.6. The molecule has 0 bridgehead atoms. The first-order valence-electron chi connectivity index (χ1n) is 8.43. The Morgan fingerprint density at radius 1 is 1.21 bits per heavy atom. The summed E-state index contributed by atoms with van der Waals surface area (Å²) >= 11 is 0. The second kappa shape index (κ2) is 7.47. The van der Waals surface area contributed by atoms with Crippen LogP contribution in [0.4, 0.5) is 13.2 Å². The zero-order valence-corrected chi connectivity index (χ0v) is 15.3. The van der Waals surface area contributed by atoms with Crippen LogP contribution in [0.25, 0.3) is 10.9 Å². The Morgan fingerprint density at radius 2 is 1.93 bits per heavy atom. The van der Waals surface area contributed by atoms with Crippen molar-refractivity contribution in [3.63, 3.8) is 0 Å². The molecule has 0 fully saturated rings. The van der Waals surface area contributed by atoms with Gasteiger partial charge in [-0.25, -0.2) is 0 Å². The van der Waals surface area contributed by atoms with Gasteiger partial charge in [0.1, 0.15) is 17.2 Å². The number of alkyl halides is 3. The number of hydrogen-bond donors (Lipinski definition) is 4. The predicted molar refractivity (Wildman–Crippen MR) is 102 cm³/mol. The molecular formula is C19H18F3N5O2. The van der Waals surface area contributed by atoms with Crippen LogP contribution in [0.15, 0.2) is 42.5 Å². The minimum Gasteiger partial charge on any atom is -0.457 e. The number of guanidine groups is 1. The SMILES string of the molecule is CN(C(=N)N)C(=O)c1cc2c(C(F)(F)F)cc(Oc3cccc(CN)c3)cc2[nH]1. The summed E-state index contributed by atoms with van der Waals surface area (Å²) in [5.74, 6) is -0.993. The van der Waals surface area contributed by atoms with Gasteiger partial charge in [-0.3, -0.25) is 15.1 Å². The maximum Gasteiger partial charge on any atom is 0.417 e. The number of fused-ring (bicyclic) bond motifs is 1. The fourth-order valence-corrected chi connectivity index (χ4v) is 2.78. The molecule has 3 aromatic rings. The molecule has 0 spiro atoms. The standard InChI is InChI=1S/C19H18F3N5O2/c1-27(18(24)25)17(28)16-8-13-14(19(20,21)22)6-12(7-15(13)26-16)29-11-4-2-3-10(5-11)9-23/h2-8,26H,9,23H2,1H3,(H3,24,25). The van der Waals surface area contributed by atoms with Crippen molar-refractivity contribution in [3.8, 4) is 11.5 Å². The van der Waals surface area contributed by atoms with E-state index in [1.54, 1.807) is 24.3 Å². The minimum atomic E-state index is -4.67. The number of nitrogens with zero attached hydrogens (tertiary/aromatic N) is 1. The Morgan fingerprint density at radius 3 is 2.55 bits per heavy atom. The lowest BCUT2D eigenvalue weighted by Crippen LogP contribution is -2.38. The van der Waals surface area contributed by atoms with Gasteiger partial charge in [0.05, 0.1) is 11.1 Å². The van der Waals surface area contributed by atoms with Crippen LogP contribution in [-0.2, 0) is 12.7 Å². The van der Waals surface area contributed by atoms with Gasteiger partial charge in [0.25, 0.3) is 5.91 Å². The number of carbonyl (C=O) groups is 1. The lowest BCUT2D eigenvalue weighted by atomic mass is 10.1. The van der Waals surface area contributed by atoms with Crippen LogP contribution >= 0.6 is 0 Å². The monoisotopic (exact) mass is 405 g/mol. The number of aromatic amines is 1. The molecule has 2 aromatic carbocycles. The molecule has 1 aromatic heterocycles. The van der Waals surface area contributed by atoms with Gasteiger partial charge in [0, 0.05) is 25.0 Å². The van der Waals surface area contributed by atoms with Crippen molar-refractivity contribution in [1.29, 1.82) is 5.41 Å². The number of aromatic nitrogens is 1. The Hall–Kier alpha value is -3.53. The molecular weight excluding hydrogens is 387 g/mol. The van der Waals surface area contributed by atoms with Crippen LogP contribution in [0.3, 0.4) is 0 Å². The van der Waals surface area contributed by atoms with E-state index in [1.165, 1.54) is 13.1 Å². The minimum absolute atomic E-state index is 0.0558. The third-order valence-electron chi connectivity index (χ3n) is 4.28. The lowest BCUT2D eigenvalue weighted by molar-refractivity contribution is -0.136. The summed E-state index contributed by atoms with van der Waals surface area (Å²) in [4.78, 5) is 15.8. The molecule has 0 unspecified atom stereocenters. The van der Waals surface area contributed by atoms with Crippen molar-refractivity contribution in [2.75, 3.05) is 7.05 Å². The number of hydrogen-bond acceptors (Lipinski definition) is 4. The van der Waals surface area contributed by atoms with E-state index in [9.17, 15) is 18.0 Å². The summed E-state index contributed by atoms with van der Waals surface area (Å²) in [7, 11) is 1.25. The molecule has 0 atom stereocenters. The highest BCUT2D eigenvalue weighted by molar-refractivity contribution is 6.06. The van der Waals surface area contributed by atoms with Gasteiger partial charge in [-0.1, -0.05) is 12.1 Å². The van der Waals surface area contributed by atoms with Crippen LogP contribution in [0.1, 0.15) is 21.6 Å². The van der Waals surface area contributed by atoms with E-state index in [0.29, 0.717) is 5.75 Å². The quantitative estimate of drug-likeness (QED) is 0.393. The molecule has 0 aliphatic heterocycles. The fraction of sp³-hybridized carbons (Fsp3) is 0.158. The number of H-pyrrole nitrogens is 1. The van der Waals surface area contributed by atoms with E-state index >= 15 is 0 Å². The van der Waals surface area contributed by atoms with Crippen LogP contribution in [-0.4, -0.2) is 28.8 Å². The molecule has 7 nitrogen and oxygen atoms in total. The summed E-state index contributed by atoms with van der Waals surface area (Å²) in [6, 6.07) is 10.00. The number of amides is 1. The average molecular weight is 405 g/mol. The van der Waals surface area contributed by atoms with Crippen molar-refractivity contribution >= 4 is 22.8 Å². The molecule has 10 heteroatoms. The van der Waals surface area contributed by atoms with Gasteiger partial charge >= 0.3 is 6.18 Å². The van der Waals surface area contributed by atoms with Crippen molar-refractivity contribution < 1.29 is 22.7 Å². The number of carbonyl (C=O) groups excluding carboxylic acids is 1. The molecule has 0 aliphatic carbocycles. The van der Waals surface area contributed by atoms with E-state index < -0.39 is 23.6 Å². The van der Waals surface area contributed by atoms with Gasteiger partial charge < -0.3 is 21.2 Å². The van der Waals surface area contributed by atoms with Crippen molar-refractivity contribution in [1.82, 2.24) is 9.88 Å². The Balaban J connectivity index is 2.08. The number of nitrogens with two attached hydrogens (primary N) is 2. The van der Waals surface area contributed by atoms with E-state index in [-0.39, 0.29) is 28.9 Å². The third kappa shape index (κ3) is 4.16. The molecule has 3 rings (SSSR count). The summed E-state index contributed by atoms with van der Waals surface area (Å²) in [5, 5.41) is 7.11. The first-order valence-corrected chi connectivity index (χ1v) is 8.43. The Kier molecular flexibility index (Phi) is 5.21. The normalized spacial score (nSPS) is 11.5. The van der Waals surface area contributed by atoms with Crippen molar-refractivity contribution in [2.45, 2.75) is 12.7 Å². The van der Waals surface area contributed by atoms with Gasteiger partial charge in [-0.15, -0.1) is 0 Å². The zero-order chi connectivity index (χ0) is 21.3. The first-order chi connectivity index (χ1) is 13.6. The fourth-order valence-electron chi connectivity index (χ4n) is 2.78. The molecule has 0 radical (unpaired) electrons. The first kappa shape index (κ1) is 20.2. The average Bonchev–Trinajstić information content (AvgIpc) is 3.09. The van der Waals surface area contributed by atoms with Gasteiger partial charge in [-0.05, 0) is 29.8 Å². The van der Waals surface area contributed by atoms with Crippen molar-refractivity contribution in [2.24, 2.45) is 11.5 Å². The largest absolute Gasteiger partial charge is 0.457 e. The van der Waals surface area contributed by atoms with Crippen LogP contribution in [0.5, 0.6) is 11.5 Å². The van der Waals surface area contributed by atoms with E-state index in [2.05, 4.69) is 4.98 Å². The summed E-state index contributed by atoms with van der Waals surface area (Å²) in [6.45, 7) is 0.260. The van der Waals surface area contributed by atoms with Crippen LogP contribution in [0, 0.1) is 5.41 Å². The number of nitrogens with one attached hydrogen (secondary N) is 2. The number of halogens is 3. The molecule has 6 N–H and O–H groups in total. The topological polar surface area (TPSA) is 121 Å². The van der Waals surface area contributed by atoms with Gasteiger partial charge in [0.15, 0.2) is 5.96 Å². The maximum absolute atomic E-state index is 13.6. The van der Waals surface area contributed by atoms with E-state index in [0.717, 1.165) is 22.6 Å². The molecule has 1 heterocycles. The summed E-state index contributed by atoms with van der Waals surface area (Å²) in [6.07, 6.45) is -4.67. The lowest BCUT2D eigenvalue weighted by Gasteiger charge is -2.12. The molecule has 0 aliphatic rings. The van der Waals surface area contributed by atoms with Crippen LogP contribution in [0.2, 0.25) is 0 Å². The molecule has 1 amide bonds. The molecule has 0 saturated heterocycles. The van der Waals surface area contributed by atoms with Gasteiger partial charge in [0.2, 0.25) is 0 Å². The second-order valence-corrected chi connectivity index (χ2v) is 6.32. The number of ether oxygens (including phenoxy) is 1. The smallest absolute Gasteiger partial charge is 0.417 e. The Bertz CT molecular complexity index is 1090. The predicted octanol–water partition coefficient (Wildman–Crippen LogP) is 3.40. The molecule has 152 valence electrons. The summed E-state index contributed by atoms with van der Waals surface area (Å²) < 4.78 is 46.4. The highest BCUT2D eigenvalue weighted by Crippen LogP contribution is 2.39. The maximum atomic E-state index is 13.6. The highest BCUT2D eigenvalue weighted by atomic mass is 19.4. The molecule has 29 heavy (non-hydrogen) atoms. The second-order valence-electron chi connectivity index (χ2n) is 6.32.